The van der Waals surface area contributed by atoms with E-state index in [0.717, 1.165) is 25.7 Å². The molecule has 1 fully saturated rings. The summed E-state index contributed by atoms with van der Waals surface area (Å²) in [7, 11) is 0. The maximum atomic E-state index is 3.72. The van der Waals surface area contributed by atoms with Gasteiger partial charge in [-0.3, -0.25) is 0 Å². The molecule has 17 heavy (non-hydrogen) atoms. The molecule has 1 aromatic carbocycles. The highest BCUT2D eigenvalue weighted by Crippen LogP contribution is 2.44. The highest BCUT2D eigenvalue weighted by atomic mass is 15.0. The van der Waals surface area contributed by atoms with Crippen molar-refractivity contribution in [3.8, 4) is 0 Å². The Morgan fingerprint density at radius 1 is 1.35 bits per heavy atom. The van der Waals surface area contributed by atoms with Gasteiger partial charge in [-0.15, -0.1) is 0 Å². The fourth-order valence-corrected chi connectivity index (χ4v) is 2.87. The van der Waals surface area contributed by atoms with Gasteiger partial charge in [0.25, 0.3) is 0 Å². The number of rotatable bonds is 3. The average Bonchev–Trinajstić information content (AvgIpc) is 2.94. The third-order valence-electron chi connectivity index (χ3n) is 4.33. The van der Waals surface area contributed by atoms with Crippen molar-refractivity contribution in [2.45, 2.75) is 38.8 Å². The Morgan fingerprint density at radius 2 is 2.12 bits per heavy atom. The highest BCUT2D eigenvalue weighted by molar-refractivity contribution is 5.33. The summed E-state index contributed by atoms with van der Waals surface area (Å²) in [5.41, 5.74) is 3.54. The molecule has 2 unspecified atom stereocenters. The van der Waals surface area contributed by atoms with Gasteiger partial charge in [-0.2, -0.15) is 0 Å². The number of hydrogen-bond acceptors (Lipinski definition) is 2. The first-order chi connectivity index (χ1) is 8.17. The quantitative estimate of drug-likeness (QED) is 0.832. The molecule has 2 atom stereocenters. The molecular weight excluding hydrogens is 208 g/mol. The zero-order valence-corrected chi connectivity index (χ0v) is 10.8. The number of fused-ring (bicyclic) bond motifs is 1. The van der Waals surface area contributed by atoms with Crippen LogP contribution in [0.5, 0.6) is 0 Å². The van der Waals surface area contributed by atoms with E-state index < -0.39 is 0 Å². The van der Waals surface area contributed by atoms with Crippen LogP contribution in [0.25, 0.3) is 0 Å². The molecule has 0 amide bonds. The van der Waals surface area contributed by atoms with Gasteiger partial charge in [0, 0.05) is 31.6 Å². The molecule has 1 heterocycles. The normalized spacial score (nSPS) is 29.8. The molecule has 0 aromatic heterocycles. The zero-order chi connectivity index (χ0) is 11.9. The van der Waals surface area contributed by atoms with E-state index in [1.807, 2.05) is 0 Å². The van der Waals surface area contributed by atoms with Crippen LogP contribution in [0.15, 0.2) is 24.3 Å². The lowest BCUT2D eigenvalue weighted by Gasteiger charge is -2.27. The smallest absolute Gasteiger partial charge is 0.0208 e. The van der Waals surface area contributed by atoms with Crippen molar-refractivity contribution in [3.63, 3.8) is 0 Å². The van der Waals surface area contributed by atoms with E-state index in [1.165, 1.54) is 17.5 Å². The molecule has 2 nitrogen and oxygen atoms in total. The number of nitrogens with one attached hydrogen (secondary N) is 2. The molecular formula is C15H22N2. The second-order valence-electron chi connectivity index (χ2n) is 6.18. The van der Waals surface area contributed by atoms with Crippen LogP contribution in [0, 0.1) is 5.41 Å². The number of benzene rings is 1. The lowest BCUT2D eigenvalue weighted by Crippen LogP contribution is -2.35. The van der Waals surface area contributed by atoms with Gasteiger partial charge in [-0.05, 0) is 23.0 Å². The predicted octanol–water partition coefficient (Wildman–Crippen LogP) is 2.26. The molecule has 1 aliphatic carbocycles. The Bertz CT molecular complexity index is 411. The van der Waals surface area contributed by atoms with Crippen LogP contribution in [-0.4, -0.2) is 19.1 Å². The maximum absolute atomic E-state index is 3.72. The minimum absolute atomic E-state index is 0.529. The van der Waals surface area contributed by atoms with Crippen LogP contribution in [-0.2, 0) is 6.54 Å². The maximum Gasteiger partial charge on any atom is 0.0208 e. The third kappa shape index (κ3) is 2.24. The standard InChI is InChI=1S/C15H22N2/c1-15(2)7-14(15)17-10-12-9-16-8-11-5-3-4-6-13(11)12/h3-6,12,14,16-17H,7-10H2,1-2H3. The minimum Gasteiger partial charge on any atom is -0.313 e. The van der Waals surface area contributed by atoms with E-state index in [4.69, 9.17) is 0 Å². The van der Waals surface area contributed by atoms with E-state index in [9.17, 15) is 0 Å². The van der Waals surface area contributed by atoms with Crippen molar-refractivity contribution in [2.24, 2.45) is 5.41 Å². The van der Waals surface area contributed by atoms with Gasteiger partial charge in [-0.25, -0.2) is 0 Å². The van der Waals surface area contributed by atoms with Crippen molar-refractivity contribution in [1.82, 2.24) is 10.6 Å². The van der Waals surface area contributed by atoms with Crippen LogP contribution in [0.2, 0.25) is 0 Å². The fourth-order valence-electron chi connectivity index (χ4n) is 2.87. The molecule has 2 N–H and O–H groups in total. The van der Waals surface area contributed by atoms with Crippen LogP contribution < -0.4 is 10.6 Å². The molecule has 1 aliphatic heterocycles. The lowest BCUT2D eigenvalue weighted by atomic mass is 9.91. The van der Waals surface area contributed by atoms with E-state index >= 15 is 0 Å². The Hall–Kier alpha value is -0.860. The van der Waals surface area contributed by atoms with Crippen molar-refractivity contribution < 1.29 is 0 Å². The summed E-state index contributed by atoms with van der Waals surface area (Å²) >= 11 is 0. The lowest BCUT2D eigenvalue weighted by molar-refractivity contribution is 0.474. The molecule has 92 valence electrons. The van der Waals surface area contributed by atoms with Crippen LogP contribution >= 0.6 is 0 Å². The second kappa shape index (κ2) is 4.11. The summed E-state index contributed by atoms with van der Waals surface area (Å²) in [5, 5.41) is 7.23. The molecule has 1 saturated carbocycles. The Morgan fingerprint density at radius 3 is 2.88 bits per heavy atom. The molecule has 0 radical (unpaired) electrons. The van der Waals surface area contributed by atoms with E-state index in [2.05, 4.69) is 48.7 Å². The van der Waals surface area contributed by atoms with Gasteiger partial charge in [0.15, 0.2) is 0 Å². The Kier molecular flexibility index (Phi) is 2.72. The molecule has 1 aromatic rings. The summed E-state index contributed by atoms with van der Waals surface area (Å²) in [6, 6.07) is 9.57. The fraction of sp³-hybridized carbons (Fsp3) is 0.600. The van der Waals surface area contributed by atoms with Crippen molar-refractivity contribution in [2.75, 3.05) is 13.1 Å². The second-order valence-corrected chi connectivity index (χ2v) is 6.18. The first kappa shape index (κ1) is 11.2. The van der Waals surface area contributed by atoms with Crippen molar-refractivity contribution in [3.05, 3.63) is 35.4 Å². The van der Waals surface area contributed by atoms with Crippen molar-refractivity contribution >= 4 is 0 Å². The Balaban J connectivity index is 1.65. The van der Waals surface area contributed by atoms with Gasteiger partial charge < -0.3 is 10.6 Å². The molecule has 0 spiro atoms. The minimum atomic E-state index is 0.529. The van der Waals surface area contributed by atoms with E-state index in [0.29, 0.717) is 11.3 Å². The summed E-state index contributed by atoms with van der Waals surface area (Å²) in [4.78, 5) is 0. The average molecular weight is 230 g/mol. The van der Waals surface area contributed by atoms with Gasteiger partial charge in [0.05, 0.1) is 0 Å². The predicted molar refractivity (Wildman–Crippen MR) is 71.1 cm³/mol. The Labute approximate surface area is 104 Å². The molecule has 0 bridgehead atoms. The summed E-state index contributed by atoms with van der Waals surface area (Å²) in [6.07, 6.45) is 1.33. The molecule has 0 saturated heterocycles. The summed E-state index contributed by atoms with van der Waals surface area (Å²) in [6.45, 7) is 7.94. The van der Waals surface area contributed by atoms with Gasteiger partial charge >= 0.3 is 0 Å². The molecule has 2 aliphatic rings. The van der Waals surface area contributed by atoms with Crippen LogP contribution in [0.1, 0.15) is 37.3 Å². The van der Waals surface area contributed by atoms with Crippen molar-refractivity contribution in [1.29, 1.82) is 0 Å². The van der Waals surface area contributed by atoms with Crippen LogP contribution in [0.4, 0.5) is 0 Å². The molecule has 2 heteroatoms. The first-order valence-corrected chi connectivity index (χ1v) is 6.69. The SMILES string of the molecule is CC1(C)CC1NCC1CNCc2ccccc21. The highest BCUT2D eigenvalue weighted by Gasteiger charge is 2.45. The summed E-state index contributed by atoms with van der Waals surface area (Å²) < 4.78 is 0. The third-order valence-corrected chi connectivity index (χ3v) is 4.33. The molecule has 3 rings (SSSR count). The zero-order valence-electron chi connectivity index (χ0n) is 10.8. The van der Waals surface area contributed by atoms with Gasteiger partial charge in [0.1, 0.15) is 0 Å². The first-order valence-electron chi connectivity index (χ1n) is 6.69. The summed E-state index contributed by atoms with van der Waals surface area (Å²) in [5.74, 6) is 0.636. The van der Waals surface area contributed by atoms with Gasteiger partial charge in [0.2, 0.25) is 0 Å². The largest absolute Gasteiger partial charge is 0.313 e. The monoisotopic (exact) mass is 230 g/mol. The van der Waals surface area contributed by atoms with E-state index in [1.54, 1.807) is 0 Å². The van der Waals surface area contributed by atoms with Crippen LogP contribution in [0.3, 0.4) is 0 Å². The topological polar surface area (TPSA) is 24.1 Å². The van der Waals surface area contributed by atoms with Gasteiger partial charge in [-0.1, -0.05) is 38.1 Å². The number of hydrogen-bond donors (Lipinski definition) is 2. The van der Waals surface area contributed by atoms with E-state index in [-0.39, 0.29) is 0 Å².